The quantitative estimate of drug-likeness (QED) is 0.590. The lowest BCUT2D eigenvalue weighted by Gasteiger charge is -2.25. The molecule has 0 atom stereocenters. The summed E-state index contributed by atoms with van der Waals surface area (Å²) < 4.78 is 15.0. The van der Waals surface area contributed by atoms with Crippen molar-refractivity contribution in [1.29, 1.82) is 0 Å². The van der Waals surface area contributed by atoms with Crippen LogP contribution >= 0.6 is 0 Å². The summed E-state index contributed by atoms with van der Waals surface area (Å²) in [7, 11) is 1.81. The Morgan fingerprint density at radius 2 is 1.88 bits per heavy atom. The summed E-state index contributed by atoms with van der Waals surface area (Å²) in [5, 5.41) is 0. The number of hydrogen-bond donors (Lipinski definition) is 0. The minimum Gasteiger partial charge on any atom is -0.434 e. The van der Waals surface area contributed by atoms with Crippen molar-refractivity contribution in [2.45, 2.75) is 26.2 Å². The summed E-state index contributed by atoms with van der Waals surface area (Å²) in [4.78, 5) is 25.4. The van der Waals surface area contributed by atoms with Gasteiger partial charge in [0.2, 0.25) is 0 Å². The van der Waals surface area contributed by atoms with Crippen LogP contribution in [0.5, 0.6) is 5.75 Å². The molecule has 0 aromatic heterocycles. The molecular weight excluding hydrogens is 310 g/mol. The topological polar surface area (TPSA) is 65.1 Å². The van der Waals surface area contributed by atoms with Gasteiger partial charge < -0.3 is 19.1 Å². The molecule has 0 N–H and O–H groups in total. The molecule has 24 heavy (non-hydrogen) atoms. The second-order valence-corrected chi connectivity index (χ2v) is 5.88. The highest BCUT2D eigenvalue weighted by Gasteiger charge is 2.17. The van der Waals surface area contributed by atoms with Crippen molar-refractivity contribution in [3.63, 3.8) is 0 Å². The van der Waals surface area contributed by atoms with Gasteiger partial charge in [0.15, 0.2) is 0 Å². The molecule has 0 radical (unpaired) electrons. The van der Waals surface area contributed by atoms with Gasteiger partial charge >= 0.3 is 6.16 Å². The molecule has 1 fully saturated rings. The molecule has 132 valence electrons. The predicted molar refractivity (Wildman–Crippen MR) is 89.2 cm³/mol. The first kappa shape index (κ1) is 18.3. The number of hydrogen-bond acceptors (Lipinski definition) is 5. The third-order valence-electron chi connectivity index (χ3n) is 4.12. The Labute approximate surface area is 142 Å². The van der Waals surface area contributed by atoms with E-state index in [1.165, 1.54) is 0 Å². The first-order chi connectivity index (χ1) is 11.6. The van der Waals surface area contributed by atoms with Crippen LogP contribution in [0.2, 0.25) is 0 Å². The summed E-state index contributed by atoms with van der Waals surface area (Å²) in [6.45, 7) is 4.34. The Balaban J connectivity index is 1.83. The first-order valence-electron chi connectivity index (χ1n) is 8.38. The molecule has 6 heteroatoms. The fourth-order valence-corrected chi connectivity index (χ4v) is 2.64. The lowest BCUT2D eigenvalue weighted by atomic mass is 9.96. The molecule has 1 saturated heterocycles. The van der Waals surface area contributed by atoms with Gasteiger partial charge in [-0.15, -0.1) is 0 Å². The van der Waals surface area contributed by atoms with Crippen LogP contribution in [0.3, 0.4) is 0 Å². The van der Waals surface area contributed by atoms with E-state index < -0.39 is 6.16 Å². The van der Waals surface area contributed by atoms with Crippen LogP contribution in [-0.2, 0) is 9.47 Å². The number of carbonyl (C=O) groups is 2. The summed E-state index contributed by atoms with van der Waals surface area (Å²) in [5.41, 5.74) is 0.570. The molecule has 1 aliphatic heterocycles. The lowest BCUT2D eigenvalue weighted by molar-refractivity contribution is 0.0583. The molecule has 1 aromatic rings. The molecule has 1 aliphatic rings. The maximum absolute atomic E-state index is 12.4. The molecular formula is C18H25NO5. The van der Waals surface area contributed by atoms with Crippen LogP contribution in [-0.4, -0.2) is 50.4 Å². The van der Waals surface area contributed by atoms with Crippen molar-refractivity contribution in [2.75, 3.05) is 33.4 Å². The first-order valence-corrected chi connectivity index (χ1v) is 8.38. The van der Waals surface area contributed by atoms with Crippen LogP contribution in [0.25, 0.3) is 0 Å². The van der Waals surface area contributed by atoms with Gasteiger partial charge in [-0.3, -0.25) is 4.79 Å². The molecule has 0 aliphatic carbocycles. The Morgan fingerprint density at radius 1 is 1.21 bits per heavy atom. The van der Waals surface area contributed by atoms with Crippen molar-refractivity contribution in [1.82, 2.24) is 4.90 Å². The van der Waals surface area contributed by atoms with Crippen LogP contribution in [0.1, 0.15) is 36.5 Å². The third kappa shape index (κ3) is 5.53. The second kappa shape index (κ2) is 9.27. The van der Waals surface area contributed by atoms with Crippen LogP contribution < -0.4 is 4.74 Å². The standard InChI is InChI=1S/C18H25NO5/c1-3-23-18(21)24-16-6-4-15(5-7-16)17(20)19(2)11-8-14-9-12-22-13-10-14/h4-7,14H,3,8-13H2,1-2H3. The van der Waals surface area contributed by atoms with Crippen LogP contribution in [0.15, 0.2) is 24.3 Å². The predicted octanol–water partition coefficient (Wildman–Crippen LogP) is 3.11. The van der Waals surface area contributed by atoms with Crippen LogP contribution in [0.4, 0.5) is 4.79 Å². The molecule has 0 spiro atoms. The van der Waals surface area contributed by atoms with Gasteiger partial charge in [-0.05, 0) is 56.4 Å². The zero-order valence-corrected chi connectivity index (χ0v) is 14.3. The van der Waals surface area contributed by atoms with Crippen LogP contribution in [0, 0.1) is 5.92 Å². The molecule has 0 saturated carbocycles. The molecule has 1 amide bonds. The monoisotopic (exact) mass is 335 g/mol. The van der Waals surface area contributed by atoms with Crippen molar-refractivity contribution in [3.8, 4) is 5.75 Å². The Hall–Kier alpha value is -2.08. The highest BCUT2D eigenvalue weighted by molar-refractivity contribution is 5.94. The van der Waals surface area contributed by atoms with E-state index in [-0.39, 0.29) is 12.5 Å². The molecule has 1 aromatic carbocycles. The van der Waals surface area contributed by atoms with Gasteiger partial charge in [-0.1, -0.05) is 0 Å². The van der Waals surface area contributed by atoms with Gasteiger partial charge in [0.1, 0.15) is 5.75 Å². The molecule has 2 rings (SSSR count). The van der Waals surface area contributed by atoms with Crippen molar-refractivity contribution in [2.24, 2.45) is 5.92 Å². The molecule has 0 unspecified atom stereocenters. The van der Waals surface area contributed by atoms with Gasteiger partial charge in [0, 0.05) is 32.4 Å². The summed E-state index contributed by atoms with van der Waals surface area (Å²) >= 11 is 0. The largest absolute Gasteiger partial charge is 0.513 e. The third-order valence-corrected chi connectivity index (χ3v) is 4.12. The zero-order chi connectivity index (χ0) is 17.4. The van der Waals surface area contributed by atoms with Gasteiger partial charge in [-0.25, -0.2) is 4.79 Å². The number of carbonyl (C=O) groups excluding carboxylic acids is 2. The van der Waals surface area contributed by atoms with E-state index in [4.69, 9.17) is 14.2 Å². The Bertz CT molecular complexity index is 537. The molecule has 0 bridgehead atoms. The van der Waals surface area contributed by atoms with E-state index in [1.807, 2.05) is 7.05 Å². The van der Waals surface area contributed by atoms with E-state index in [1.54, 1.807) is 36.1 Å². The Morgan fingerprint density at radius 3 is 2.50 bits per heavy atom. The average Bonchev–Trinajstić information content (AvgIpc) is 2.61. The van der Waals surface area contributed by atoms with E-state index in [9.17, 15) is 9.59 Å². The number of amides is 1. The Kier molecular flexibility index (Phi) is 7.06. The molecule has 6 nitrogen and oxygen atoms in total. The highest BCUT2D eigenvalue weighted by Crippen LogP contribution is 2.19. The highest BCUT2D eigenvalue weighted by atomic mass is 16.7. The SMILES string of the molecule is CCOC(=O)Oc1ccc(C(=O)N(C)CCC2CCOCC2)cc1. The van der Waals surface area contributed by atoms with E-state index in [0.717, 1.165) is 39.0 Å². The maximum atomic E-state index is 12.4. The number of benzene rings is 1. The fraction of sp³-hybridized carbons (Fsp3) is 0.556. The van der Waals surface area contributed by atoms with Crippen molar-refractivity contribution in [3.05, 3.63) is 29.8 Å². The second-order valence-electron chi connectivity index (χ2n) is 5.88. The normalized spacial score (nSPS) is 14.9. The van der Waals surface area contributed by atoms with Gasteiger partial charge in [0.05, 0.1) is 6.61 Å². The summed E-state index contributed by atoms with van der Waals surface area (Å²) in [6.07, 6.45) is 2.39. The average molecular weight is 335 g/mol. The van der Waals surface area contributed by atoms with E-state index in [2.05, 4.69) is 0 Å². The lowest BCUT2D eigenvalue weighted by Crippen LogP contribution is -2.30. The maximum Gasteiger partial charge on any atom is 0.513 e. The number of ether oxygens (including phenoxy) is 3. The minimum absolute atomic E-state index is 0.0373. The van der Waals surface area contributed by atoms with Crippen molar-refractivity contribution < 1.29 is 23.8 Å². The van der Waals surface area contributed by atoms with Gasteiger partial charge in [-0.2, -0.15) is 0 Å². The molecule has 1 heterocycles. The fourth-order valence-electron chi connectivity index (χ4n) is 2.64. The van der Waals surface area contributed by atoms with E-state index in [0.29, 0.717) is 17.2 Å². The number of rotatable bonds is 6. The van der Waals surface area contributed by atoms with Gasteiger partial charge in [0.25, 0.3) is 5.91 Å². The number of nitrogens with zero attached hydrogens (tertiary/aromatic N) is 1. The smallest absolute Gasteiger partial charge is 0.434 e. The minimum atomic E-state index is -0.745. The summed E-state index contributed by atoms with van der Waals surface area (Å²) in [6, 6.07) is 6.50. The van der Waals surface area contributed by atoms with E-state index >= 15 is 0 Å². The summed E-state index contributed by atoms with van der Waals surface area (Å²) in [5.74, 6) is 0.953. The van der Waals surface area contributed by atoms with Crippen molar-refractivity contribution >= 4 is 12.1 Å². The zero-order valence-electron chi connectivity index (χ0n) is 14.3.